The molecular weight excluding hydrogens is 306 g/mol. The number of benzene rings is 2. The van der Waals surface area contributed by atoms with Gasteiger partial charge in [0, 0.05) is 15.7 Å². The van der Waals surface area contributed by atoms with Crippen LogP contribution in [-0.4, -0.2) is 5.91 Å². The fourth-order valence-electron chi connectivity index (χ4n) is 1.59. The summed E-state index contributed by atoms with van der Waals surface area (Å²) in [5, 5.41) is 11.7. The summed E-state index contributed by atoms with van der Waals surface area (Å²) in [5.41, 5.74) is 7.46. The Morgan fingerprint density at radius 3 is 2.74 bits per heavy atom. The molecule has 19 heavy (non-hydrogen) atoms. The first-order valence-electron chi connectivity index (χ1n) is 5.46. The number of nitrogens with one attached hydrogen (secondary N) is 1. The largest absolute Gasteiger partial charge is 0.399 e. The molecule has 0 bridgehead atoms. The maximum Gasteiger partial charge on any atom is 0.255 e. The van der Waals surface area contributed by atoms with E-state index in [1.165, 1.54) is 0 Å². The van der Waals surface area contributed by atoms with Gasteiger partial charge in [0.1, 0.15) is 6.07 Å². The zero-order chi connectivity index (χ0) is 13.8. The van der Waals surface area contributed by atoms with E-state index in [4.69, 9.17) is 11.0 Å². The van der Waals surface area contributed by atoms with E-state index in [0.29, 0.717) is 22.5 Å². The molecule has 4 nitrogen and oxygen atoms in total. The highest BCUT2D eigenvalue weighted by Gasteiger charge is 2.09. The lowest BCUT2D eigenvalue weighted by atomic mass is 10.1. The van der Waals surface area contributed by atoms with Crippen LogP contribution in [0.15, 0.2) is 46.9 Å². The van der Waals surface area contributed by atoms with Crippen molar-refractivity contribution < 1.29 is 4.79 Å². The summed E-state index contributed by atoms with van der Waals surface area (Å²) in [7, 11) is 0. The lowest BCUT2D eigenvalue weighted by Gasteiger charge is -2.08. The number of halogens is 1. The van der Waals surface area contributed by atoms with Crippen LogP contribution in [0.3, 0.4) is 0 Å². The second-order valence-corrected chi connectivity index (χ2v) is 4.80. The first kappa shape index (κ1) is 13.1. The third-order valence-corrected chi connectivity index (χ3v) is 2.99. The van der Waals surface area contributed by atoms with Crippen molar-refractivity contribution >= 4 is 33.2 Å². The first-order valence-corrected chi connectivity index (χ1v) is 6.26. The monoisotopic (exact) mass is 315 g/mol. The van der Waals surface area contributed by atoms with Gasteiger partial charge < -0.3 is 11.1 Å². The molecule has 0 saturated carbocycles. The number of nitrogens with zero attached hydrogens (tertiary/aromatic N) is 1. The predicted octanol–water partition coefficient (Wildman–Crippen LogP) is 3.16. The van der Waals surface area contributed by atoms with E-state index in [0.717, 1.165) is 4.47 Å². The number of carbonyl (C=O) groups excluding carboxylic acids is 1. The molecule has 0 unspecified atom stereocenters. The minimum atomic E-state index is -0.304. The minimum absolute atomic E-state index is 0.304. The van der Waals surface area contributed by atoms with Gasteiger partial charge in [-0.25, -0.2) is 0 Å². The van der Waals surface area contributed by atoms with Crippen molar-refractivity contribution in [1.29, 1.82) is 5.26 Å². The summed E-state index contributed by atoms with van der Waals surface area (Å²) in [5.74, 6) is -0.304. The minimum Gasteiger partial charge on any atom is -0.399 e. The molecule has 0 aliphatic carbocycles. The Morgan fingerprint density at radius 1 is 1.26 bits per heavy atom. The molecule has 2 aromatic rings. The second kappa shape index (κ2) is 5.55. The summed E-state index contributed by atoms with van der Waals surface area (Å²) in [6.07, 6.45) is 0. The molecule has 0 spiro atoms. The fraction of sp³-hybridized carbons (Fsp3) is 0. The van der Waals surface area contributed by atoms with Crippen LogP contribution < -0.4 is 11.1 Å². The van der Waals surface area contributed by atoms with E-state index < -0.39 is 0 Å². The van der Waals surface area contributed by atoms with Crippen molar-refractivity contribution in [3.63, 3.8) is 0 Å². The lowest BCUT2D eigenvalue weighted by molar-refractivity contribution is 0.102. The number of amides is 1. The molecule has 94 valence electrons. The second-order valence-electron chi connectivity index (χ2n) is 3.88. The average Bonchev–Trinajstić information content (AvgIpc) is 2.39. The Kier molecular flexibility index (Phi) is 3.83. The maximum absolute atomic E-state index is 12.1. The van der Waals surface area contributed by atoms with Crippen LogP contribution >= 0.6 is 15.9 Å². The van der Waals surface area contributed by atoms with Gasteiger partial charge in [-0.05, 0) is 36.4 Å². The van der Waals surface area contributed by atoms with Gasteiger partial charge in [0.2, 0.25) is 0 Å². The zero-order valence-corrected chi connectivity index (χ0v) is 11.4. The highest BCUT2D eigenvalue weighted by atomic mass is 79.9. The average molecular weight is 316 g/mol. The van der Waals surface area contributed by atoms with E-state index in [2.05, 4.69) is 21.2 Å². The summed E-state index contributed by atoms with van der Waals surface area (Å²) in [6, 6.07) is 13.8. The topological polar surface area (TPSA) is 78.9 Å². The molecule has 0 aliphatic heterocycles. The van der Waals surface area contributed by atoms with Gasteiger partial charge in [-0.2, -0.15) is 5.26 Å². The lowest BCUT2D eigenvalue weighted by Crippen LogP contribution is -2.13. The number of hydrogen-bond donors (Lipinski definition) is 2. The van der Waals surface area contributed by atoms with Gasteiger partial charge in [-0.15, -0.1) is 0 Å². The number of rotatable bonds is 2. The number of carbonyl (C=O) groups is 1. The molecule has 2 aromatic carbocycles. The van der Waals surface area contributed by atoms with Crippen molar-refractivity contribution in [2.75, 3.05) is 11.1 Å². The number of nitrogens with two attached hydrogens (primary N) is 1. The number of hydrogen-bond acceptors (Lipinski definition) is 3. The SMILES string of the molecule is N#Cc1ccc(Br)cc1NC(=O)c1cccc(N)c1. The Morgan fingerprint density at radius 2 is 2.05 bits per heavy atom. The van der Waals surface area contributed by atoms with Gasteiger partial charge >= 0.3 is 0 Å². The van der Waals surface area contributed by atoms with Gasteiger partial charge in [-0.1, -0.05) is 22.0 Å². The fourth-order valence-corrected chi connectivity index (χ4v) is 1.95. The quantitative estimate of drug-likeness (QED) is 0.835. The Hall–Kier alpha value is -2.32. The number of nitriles is 1. The van der Waals surface area contributed by atoms with Gasteiger partial charge in [0.05, 0.1) is 11.3 Å². The molecule has 5 heteroatoms. The van der Waals surface area contributed by atoms with E-state index in [1.54, 1.807) is 42.5 Å². The third kappa shape index (κ3) is 3.12. The third-order valence-electron chi connectivity index (χ3n) is 2.50. The first-order chi connectivity index (χ1) is 9.10. The van der Waals surface area contributed by atoms with E-state index in [-0.39, 0.29) is 5.91 Å². The van der Waals surface area contributed by atoms with Crippen molar-refractivity contribution in [3.8, 4) is 6.07 Å². The van der Waals surface area contributed by atoms with Gasteiger partial charge in [-0.3, -0.25) is 4.79 Å². The molecule has 0 saturated heterocycles. The Labute approximate surface area is 119 Å². The van der Waals surface area contributed by atoms with E-state index in [1.807, 2.05) is 6.07 Å². The smallest absolute Gasteiger partial charge is 0.255 e. The maximum atomic E-state index is 12.1. The van der Waals surface area contributed by atoms with Crippen LogP contribution in [0.25, 0.3) is 0 Å². The highest BCUT2D eigenvalue weighted by Crippen LogP contribution is 2.21. The molecule has 0 fully saturated rings. The van der Waals surface area contributed by atoms with E-state index in [9.17, 15) is 4.79 Å². The number of nitrogen functional groups attached to an aromatic ring is 1. The highest BCUT2D eigenvalue weighted by molar-refractivity contribution is 9.10. The molecule has 0 aromatic heterocycles. The predicted molar refractivity (Wildman–Crippen MR) is 77.7 cm³/mol. The normalized spacial score (nSPS) is 9.68. The Balaban J connectivity index is 2.29. The van der Waals surface area contributed by atoms with Crippen LogP contribution in [0.5, 0.6) is 0 Å². The van der Waals surface area contributed by atoms with Crippen molar-refractivity contribution in [2.24, 2.45) is 0 Å². The summed E-state index contributed by atoms with van der Waals surface area (Å²) in [6.45, 7) is 0. The van der Waals surface area contributed by atoms with Crippen molar-refractivity contribution in [2.45, 2.75) is 0 Å². The molecular formula is C14H10BrN3O. The van der Waals surface area contributed by atoms with Crippen molar-refractivity contribution in [1.82, 2.24) is 0 Å². The molecule has 0 aliphatic rings. The standard InChI is InChI=1S/C14H10BrN3O/c15-11-5-4-10(8-16)13(7-11)18-14(19)9-2-1-3-12(17)6-9/h1-7H,17H2,(H,18,19). The molecule has 0 heterocycles. The molecule has 2 rings (SSSR count). The number of anilines is 2. The van der Waals surface area contributed by atoms with Gasteiger partial charge in [0.15, 0.2) is 0 Å². The molecule has 3 N–H and O–H groups in total. The molecule has 0 atom stereocenters. The summed E-state index contributed by atoms with van der Waals surface area (Å²) >= 11 is 3.30. The molecule has 1 amide bonds. The summed E-state index contributed by atoms with van der Waals surface area (Å²) < 4.78 is 0.786. The molecule has 0 radical (unpaired) electrons. The van der Waals surface area contributed by atoms with Crippen LogP contribution in [0.1, 0.15) is 15.9 Å². The van der Waals surface area contributed by atoms with Crippen LogP contribution in [-0.2, 0) is 0 Å². The van der Waals surface area contributed by atoms with E-state index >= 15 is 0 Å². The van der Waals surface area contributed by atoms with Crippen molar-refractivity contribution in [3.05, 3.63) is 58.1 Å². The van der Waals surface area contributed by atoms with Gasteiger partial charge in [0.25, 0.3) is 5.91 Å². The Bertz CT molecular complexity index is 677. The van der Waals surface area contributed by atoms with Crippen LogP contribution in [0.2, 0.25) is 0 Å². The zero-order valence-electron chi connectivity index (χ0n) is 9.85. The van der Waals surface area contributed by atoms with Crippen LogP contribution in [0, 0.1) is 11.3 Å². The van der Waals surface area contributed by atoms with Crippen LogP contribution in [0.4, 0.5) is 11.4 Å². The summed E-state index contributed by atoms with van der Waals surface area (Å²) in [4.78, 5) is 12.1.